The number of halogens is 1. The maximum Gasteiger partial charge on any atom is 0.225 e. The molecule has 4 aromatic rings. The third-order valence-corrected chi connectivity index (χ3v) is 6.63. The van der Waals surface area contributed by atoms with E-state index in [9.17, 15) is 4.39 Å². The van der Waals surface area contributed by atoms with Crippen molar-refractivity contribution in [2.45, 2.75) is 44.3 Å². The molecule has 0 saturated heterocycles. The van der Waals surface area contributed by atoms with Gasteiger partial charge in [-0.15, -0.1) is 0 Å². The van der Waals surface area contributed by atoms with E-state index in [1.54, 1.807) is 12.1 Å². The molecular formula is C28H31FN6. The third-order valence-electron chi connectivity index (χ3n) is 6.63. The summed E-state index contributed by atoms with van der Waals surface area (Å²) in [4.78, 5) is 16.0. The van der Waals surface area contributed by atoms with Crippen LogP contribution in [0.25, 0.3) is 22.0 Å². The molecule has 0 spiro atoms. The Labute approximate surface area is 205 Å². The lowest BCUT2D eigenvalue weighted by Crippen LogP contribution is -2.37. The van der Waals surface area contributed by atoms with Crippen molar-refractivity contribution in [3.8, 4) is 11.1 Å². The Kier molecular flexibility index (Phi) is 6.86. The monoisotopic (exact) mass is 470 g/mol. The first kappa shape index (κ1) is 23.2. The van der Waals surface area contributed by atoms with Crippen molar-refractivity contribution in [1.82, 2.24) is 20.3 Å². The molecule has 5 rings (SSSR count). The van der Waals surface area contributed by atoms with E-state index in [4.69, 9.17) is 9.97 Å². The average Bonchev–Trinajstić information content (AvgIpc) is 2.88. The van der Waals surface area contributed by atoms with Crippen LogP contribution in [-0.2, 0) is 6.54 Å². The summed E-state index contributed by atoms with van der Waals surface area (Å²) >= 11 is 0. The summed E-state index contributed by atoms with van der Waals surface area (Å²) in [5, 5.41) is 8.34. The number of rotatable bonds is 7. The second kappa shape index (κ2) is 10.4. The molecule has 6 nitrogen and oxygen atoms in total. The minimum atomic E-state index is -0.227. The third kappa shape index (κ3) is 5.57. The van der Waals surface area contributed by atoms with Gasteiger partial charge in [-0.25, -0.2) is 9.37 Å². The van der Waals surface area contributed by atoms with Gasteiger partial charge in [0.25, 0.3) is 0 Å². The van der Waals surface area contributed by atoms with Gasteiger partial charge in [-0.05, 0) is 67.1 Å². The van der Waals surface area contributed by atoms with E-state index in [1.165, 1.54) is 12.1 Å². The first-order valence-corrected chi connectivity index (χ1v) is 12.2. The topological polar surface area (TPSA) is 66.0 Å². The molecule has 1 saturated carbocycles. The number of pyridine rings is 1. The fraction of sp³-hybridized carbons (Fsp3) is 0.321. The van der Waals surface area contributed by atoms with Gasteiger partial charge in [-0.3, -0.25) is 4.98 Å². The van der Waals surface area contributed by atoms with Crippen LogP contribution in [0.3, 0.4) is 0 Å². The quantitative estimate of drug-likeness (QED) is 0.377. The molecule has 0 atom stereocenters. The highest BCUT2D eigenvalue weighted by molar-refractivity contribution is 5.90. The highest BCUT2D eigenvalue weighted by atomic mass is 19.1. The Balaban J connectivity index is 1.16. The molecule has 1 aliphatic rings. The van der Waals surface area contributed by atoms with E-state index in [2.05, 4.69) is 27.8 Å². The fourth-order valence-electron chi connectivity index (χ4n) is 4.74. The molecule has 35 heavy (non-hydrogen) atoms. The van der Waals surface area contributed by atoms with Gasteiger partial charge in [0.05, 0.1) is 5.52 Å². The lowest BCUT2D eigenvalue weighted by Gasteiger charge is -2.30. The van der Waals surface area contributed by atoms with E-state index in [0.29, 0.717) is 18.0 Å². The largest absolute Gasteiger partial charge is 0.362 e. The molecule has 180 valence electrons. The van der Waals surface area contributed by atoms with Gasteiger partial charge >= 0.3 is 0 Å². The molecule has 2 heterocycles. The average molecular weight is 471 g/mol. The van der Waals surface area contributed by atoms with Crippen LogP contribution >= 0.6 is 0 Å². The number of benzene rings is 2. The molecule has 0 aliphatic heterocycles. The summed E-state index contributed by atoms with van der Waals surface area (Å²) in [7, 11) is 4.03. The van der Waals surface area contributed by atoms with Crippen molar-refractivity contribution in [2.24, 2.45) is 0 Å². The van der Waals surface area contributed by atoms with Gasteiger partial charge in [0.15, 0.2) is 0 Å². The predicted molar refractivity (Wildman–Crippen MR) is 140 cm³/mol. The first-order chi connectivity index (χ1) is 17.0. The Morgan fingerprint density at radius 1 is 0.886 bits per heavy atom. The van der Waals surface area contributed by atoms with Crippen molar-refractivity contribution in [3.05, 3.63) is 78.4 Å². The minimum absolute atomic E-state index is 0.227. The van der Waals surface area contributed by atoms with Gasteiger partial charge < -0.3 is 15.5 Å². The number of nitrogens with zero attached hydrogens (tertiary/aromatic N) is 4. The second-order valence-electron chi connectivity index (χ2n) is 9.44. The highest BCUT2D eigenvalue weighted by Gasteiger charge is 2.22. The number of nitrogens with one attached hydrogen (secondary N) is 2. The summed E-state index contributed by atoms with van der Waals surface area (Å²) in [5.74, 6) is 1.41. The maximum absolute atomic E-state index is 13.2. The molecule has 0 bridgehead atoms. The van der Waals surface area contributed by atoms with Gasteiger partial charge in [0.1, 0.15) is 11.6 Å². The van der Waals surface area contributed by atoms with Crippen LogP contribution in [0.2, 0.25) is 0 Å². The Hall–Kier alpha value is -3.58. The zero-order chi connectivity index (χ0) is 24.2. The molecule has 2 N–H and O–H groups in total. The number of hydrogen-bond donors (Lipinski definition) is 2. The number of anilines is 2. The zero-order valence-electron chi connectivity index (χ0n) is 20.2. The van der Waals surface area contributed by atoms with Crippen molar-refractivity contribution in [1.29, 1.82) is 0 Å². The molecule has 0 amide bonds. The van der Waals surface area contributed by atoms with E-state index < -0.39 is 0 Å². The molecule has 2 aromatic heterocycles. The molecule has 7 heteroatoms. The van der Waals surface area contributed by atoms with E-state index in [-0.39, 0.29) is 5.82 Å². The van der Waals surface area contributed by atoms with Gasteiger partial charge in [0, 0.05) is 56.1 Å². The van der Waals surface area contributed by atoms with Crippen LogP contribution < -0.4 is 15.5 Å². The summed E-state index contributed by atoms with van der Waals surface area (Å²) in [5.41, 5.74) is 4.07. The smallest absolute Gasteiger partial charge is 0.225 e. The van der Waals surface area contributed by atoms with Crippen LogP contribution in [-0.4, -0.2) is 41.1 Å². The molecule has 1 aliphatic carbocycles. The number of hydrogen-bond acceptors (Lipinski definition) is 6. The summed E-state index contributed by atoms with van der Waals surface area (Å²) in [6.07, 6.45) is 8.04. The fourth-order valence-corrected chi connectivity index (χ4v) is 4.74. The summed E-state index contributed by atoms with van der Waals surface area (Å²) < 4.78 is 13.2. The van der Waals surface area contributed by atoms with E-state index in [1.807, 2.05) is 49.6 Å². The van der Waals surface area contributed by atoms with Crippen LogP contribution in [0.4, 0.5) is 16.2 Å². The number of para-hydroxylation sites is 1. The zero-order valence-corrected chi connectivity index (χ0v) is 20.2. The molecule has 2 aromatic carbocycles. The maximum atomic E-state index is 13.2. The van der Waals surface area contributed by atoms with Crippen molar-refractivity contribution >= 4 is 22.7 Å². The van der Waals surface area contributed by atoms with Crippen LogP contribution in [0.15, 0.2) is 67.0 Å². The SMILES string of the molecule is CN(C)c1nc(N[C@H]2CC[C@@H](NCc3cncc(-c4ccc(F)cc4)c3)CC2)nc2ccccc12. The van der Waals surface area contributed by atoms with Crippen LogP contribution in [0.1, 0.15) is 31.2 Å². The molecule has 0 unspecified atom stereocenters. The molecule has 1 fully saturated rings. The second-order valence-corrected chi connectivity index (χ2v) is 9.44. The lowest BCUT2D eigenvalue weighted by atomic mass is 9.91. The first-order valence-electron chi connectivity index (χ1n) is 12.2. The van der Waals surface area contributed by atoms with E-state index >= 15 is 0 Å². The lowest BCUT2D eigenvalue weighted by molar-refractivity contribution is 0.352. The predicted octanol–water partition coefficient (Wildman–Crippen LogP) is 5.41. The van der Waals surface area contributed by atoms with Crippen molar-refractivity contribution in [2.75, 3.05) is 24.3 Å². The van der Waals surface area contributed by atoms with Crippen LogP contribution in [0, 0.1) is 5.82 Å². The van der Waals surface area contributed by atoms with Crippen molar-refractivity contribution < 1.29 is 4.39 Å². The highest BCUT2D eigenvalue weighted by Crippen LogP contribution is 2.27. The minimum Gasteiger partial charge on any atom is -0.362 e. The standard InChI is InChI=1S/C28H31FN6/c1-35(2)27-25-5-3-4-6-26(25)33-28(34-27)32-24-13-11-23(12-14-24)31-17-19-15-21(18-30-16-19)20-7-9-22(29)10-8-20/h3-10,15-16,18,23-24,31H,11-14,17H2,1-2H3,(H,32,33,34)/t23-,24+. The Bertz CT molecular complexity index is 1280. The van der Waals surface area contributed by atoms with Gasteiger partial charge in [-0.2, -0.15) is 4.98 Å². The molecular weight excluding hydrogens is 439 g/mol. The van der Waals surface area contributed by atoms with Crippen molar-refractivity contribution in [3.63, 3.8) is 0 Å². The molecule has 0 radical (unpaired) electrons. The van der Waals surface area contributed by atoms with Crippen LogP contribution in [0.5, 0.6) is 0 Å². The Morgan fingerprint density at radius 3 is 2.40 bits per heavy atom. The van der Waals surface area contributed by atoms with Gasteiger partial charge in [-0.1, -0.05) is 24.3 Å². The number of aromatic nitrogens is 3. The summed E-state index contributed by atoms with van der Waals surface area (Å²) in [6, 6.07) is 17.7. The van der Waals surface area contributed by atoms with Gasteiger partial charge in [0.2, 0.25) is 5.95 Å². The summed E-state index contributed by atoms with van der Waals surface area (Å²) in [6.45, 7) is 0.769. The number of fused-ring (bicyclic) bond motifs is 1. The normalized spacial score (nSPS) is 17.9. The Morgan fingerprint density at radius 2 is 1.63 bits per heavy atom. The van der Waals surface area contributed by atoms with E-state index in [0.717, 1.165) is 65.6 Å².